The summed E-state index contributed by atoms with van der Waals surface area (Å²) in [5.41, 5.74) is 0. The van der Waals surface area contributed by atoms with Gasteiger partial charge in [0.1, 0.15) is 0 Å². The van der Waals surface area contributed by atoms with Crippen molar-refractivity contribution in [2.75, 3.05) is 33.4 Å². The van der Waals surface area contributed by atoms with Gasteiger partial charge in [-0.1, -0.05) is 146 Å². The third-order valence-corrected chi connectivity index (χ3v) is 9.95. The molecule has 2 atom stereocenters. The normalized spacial score (nSPS) is 16.9. The smallest absolute Gasteiger partial charge is 0.0823 e. The van der Waals surface area contributed by atoms with Gasteiger partial charge >= 0.3 is 0 Å². The molecular formula is C45H83NO2. The summed E-state index contributed by atoms with van der Waals surface area (Å²) in [5.74, 6) is 0. The van der Waals surface area contributed by atoms with Crippen molar-refractivity contribution in [1.82, 2.24) is 4.90 Å². The Kier molecular flexibility index (Phi) is 34.7. The Morgan fingerprint density at radius 1 is 0.542 bits per heavy atom. The summed E-state index contributed by atoms with van der Waals surface area (Å²) in [6, 6.07) is 0.657. The van der Waals surface area contributed by atoms with Gasteiger partial charge in [0.2, 0.25) is 0 Å². The van der Waals surface area contributed by atoms with Gasteiger partial charge in [0.25, 0.3) is 0 Å². The van der Waals surface area contributed by atoms with Crippen molar-refractivity contribution >= 4 is 0 Å². The lowest BCUT2D eigenvalue weighted by molar-refractivity contribution is -0.0363. The van der Waals surface area contributed by atoms with Gasteiger partial charge in [0, 0.05) is 19.3 Å². The molecule has 1 aliphatic rings. The van der Waals surface area contributed by atoms with Gasteiger partial charge in [-0.3, -0.25) is 0 Å². The van der Waals surface area contributed by atoms with Gasteiger partial charge in [-0.05, 0) is 110 Å². The number of unbranched alkanes of at least 4 members (excludes halogenated alkanes) is 18. The average Bonchev–Trinajstić information content (AvgIpc) is 3.09. The van der Waals surface area contributed by atoms with Crippen LogP contribution in [0.3, 0.4) is 0 Å². The minimum absolute atomic E-state index is 0.248. The molecule has 0 aromatic carbocycles. The van der Waals surface area contributed by atoms with E-state index in [1.807, 2.05) is 0 Å². The quantitative estimate of drug-likeness (QED) is 0.0495. The van der Waals surface area contributed by atoms with Crippen LogP contribution >= 0.6 is 0 Å². The lowest BCUT2D eigenvalue weighted by Gasteiger charge is -2.34. The zero-order valence-electron chi connectivity index (χ0n) is 32.7. The Morgan fingerprint density at radius 2 is 1.00 bits per heavy atom. The second kappa shape index (κ2) is 37.1. The van der Waals surface area contributed by atoms with Gasteiger partial charge in [0.15, 0.2) is 0 Å². The van der Waals surface area contributed by atoms with E-state index in [-0.39, 0.29) is 6.10 Å². The molecule has 48 heavy (non-hydrogen) atoms. The minimum atomic E-state index is 0.248. The minimum Gasteiger partial charge on any atom is -0.379 e. The molecule has 0 radical (unpaired) electrons. The maximum absolute atomic E-state index is 6.47. The maximum atomic E-state index is 6.47. The highest BCUT2D eigenvalue weighted by molar-refractivity contribution is 4.93. The van der Waals surface area contributed by atoms with Gasteiger partial charge < -0.3 is 14.4 Å². The molecule has 280 valence electrons. The molecule has 0 N–H and O–H groups in total. The summed E-state index contributed by atoms with van der Waals surface area (Å²) >= 11 is 0. The number of likely N-dealkylation sites (tertiary alicyclic amines) is 1. The van der Waals surface area contributed by atoms with E-state index in [9.17, 15) is 0 Å². The van der Waals surface area contributed by atoms with Crippen LogP contribution in [-0.2, 0) is 9.47 Å². The Morgan fingerprint density at radius 3 is 1.50 bits per heavy atom. The van der Waals surface area contributed by atoms with Gasteiger partial charge in [-0.25, -0.2) is 0 Å². The third-order valence-electron chi connectivity index (χ3n) is 9.95. The second-order valence-electron chi connectivity index (χ2n) is 14.6. The molecular weight excluding hydrogens is 587 g/mol. The van der Waals surface area contributed by atoms with E-state index in [1.165, 1.54) is 167 Å². The first-order valence-corrected chi connectivity index (χ1v) is 21.3. The molecule has 0 saturated carbocycles. The first-order chi connectivity index (χ1) is 23.8. The summed E-state index contributed by atoms with van der Waals surface area (Å²) in [4.78, 5) is 2.56. The van der Waals surface area contributed by atoms with Crippen LogP contribution in [0, 0.1) is 0 Å². The van der Waals surface area contributed by atoms with Gasteiger partial charge in [-0.2, -0.15) is 0 Å². The van der Waals surface area contributed by atoms with Crippen molar-refractivity contribution < 1.29 is 9.47 Å². The first kappa shape index (κ1) is 44.9. The molecule has 3 heteroatoms. The fourth-order valence-electron chi connectivity index (χ4n) is 6.68. The molecule has 1 heterocycles. The topological polar surface area (TPSA) is 21.7 Å². The van der Waals surface area contributed by atoms with Gasteiger partial charge in [0.05, 0.1) is 12.7 Å². The number of rotatable bonds is 35. The van der Waals surface area contributed by atoms with Crippen LogP contribution in [-0.4, -0.2) is 50.5 Å². The number of hydrogen-bond acceptors (Lipinski definition) is 3. The number of hydrogen-bond donors (Lipinski definition) is 0. The Bertz CT molecular complexity index is 756. The summed E-state index contributed by atoms with van der Waals surface area (Å²) in [7, 11) is 2.30. The Balaban J connectivity index is 2.06. The van der Waals surface area contributed by atoms with E-state index in [4.69, 9.17) is 9.47 Å². The number of ether oxygens (including phenoxy) is 2. The largest absolute Gasteiger partial charge is 0.379 e. The zero-order valence-corrected chi connectivity index (χ0v) is 32.7. The molecule has 1 saturated heterocycles. The van der Waals surface area contributed by atoms with Crippen LogP contribution in [0.1, 0.15) is 194 Å². The molecule has 0 bridgehead atoms. The van der Waals surface area contributed by atoms with Crippen LogP contribution in [0.15, 0.2) is 48.6 Å². The van der Waals surface area contributed by atoms with Crippen molar-refractivity contribution in [1.29, 1.82) is 0 Å². The molecule has 0 amide bonds. The predicted molar refractivity (Wildman–Crippen MR) is 214 cm³/mol. The van der Waals surface area contributed by atoms with Crippen LogP contribution < -0.4 is 0 Å². The van der Waals surface area contributed by atoms with E-state index in [0.29, 0.717) is 6.04 Å². The monoisotopic (exact) mass is 670 g/mol. The van der Waals surface area contributed by atoms with Crippen LogP contribution in [0.25, 0.3) is 0 Å². The lowest BCUT2D eigenvalue weighted by Crippen LogP contribution is -2.40. The lowest BCUT2D eigenvalue weighted by atomic mass is 9.97. The SMILES string of the molecule is CCCCC/C=C\C/C=C\CCCCCCCCOCC(CC1CCCCN1C)OCCCCCCCC/C=C\C/C=C\CCCCC. The van der Waals surface area contributed by atoms with E-state index >= 15 is 0 Å². The number of piperidine rings is 1. The molecule has 1 rings (SSSR count). The van der Waals surface area contributed by atoms with E-state index in [1.54, 1.807) is 0 Å². The molecule has 0 spiro atoms. The van der Waals surface area contributed by atoms with E-state index < -0.39 is 0 Å². The Hall–Kier alpha value is -1.16. The van der Waals surface area contributed by atoms with Crippen molar-refractivity contribution in [3.8, 4) is 0 Å². The summed E-state index contributed by atoms with van der Waals surface area (Å²) in [6.45, 7) is 8.32. The predicted octanol–water partition coefficient (Wildman–Crippen LogP) is 13.9. The molecule has 3 nitrogen and oxygen atoms in total. The van der Waals surface area contributed by atoms with Crippen molar-refractivity contribution in [2.45, 2.75) is 206 Å². The molecule has 0 aromatic rings. The zero-order chi connectivity index (χ0) is 34.4. The second-order valence-corrected chi connectivity index (χ2v) is 14.6. The van der Waals surface area contributed by atoms with E-state index in [0.717, 1.165) is 39.1 Å². The van der Waals surface area contributed by atoms with Crippen LogP contribution in [0.5, 0.6) is 0 Å². The van der Waals surface area contributed by atoms with Crippen molar-refractivity contribution in [3.05, 3.63) is 48.6 Å². The summed E-state index contributed by atoms with van der Waals surface area (Å²) in [5, 5.41) is 0. The van der Waals surface area contributed by atoms with Crippen molar-refractivity contribution in [3.63, 3.8) is 0 Å². The molecule has 0 aliphatic carbocycles. The summed E-state index contributed by atoms with van der Waals surface area (Å²) in [6.07, 6.45) is 55.1. The Labute approximate surface area is 301 Å². The van der Waals surface area contributed by atoms with Crippen molar-refractivity contribution in [2.24, 2.45) is 0 Å². The van der Waals surface area contributed by atoms with Gasteiger partial charge in [-0.15, -0.1) is 0 Å². The number of allylic oxidation sites excluding steroid dienone is 8. The highest BCUT2D eigenvalue weighted by Gasteiger charge is 2.23. The highest BCUT2D eigenvalue weighted by atomic mass is 16.5. The van der Waals surface area contributed by atoms with E-state index in [2.05, 4.69) is 74.4 Å². The molecule has 1 fully saturated rings. The molecule has 2 unspecified atom stereocenters. The summed E-state index contributed by atoms with van der Waals surface area (Å²) < 4.78 is 12.7. The number of nitrogens with zero attached hydrogens (tertiary/aromatic N) is 1. The fraction of sp³-hybridized carbons (Fsp3) is 0.822. The van der Waals surface area contributed by atoms with Crippen LogP contribution in [0.4, 0.5) is 0 Å². The third kappa shape index (κ3) is 30.9. The maximum Gasteiger partial charge on any atom is 0.0823 e. The molecule has 1 aliphatic heterocycles. The first-order valence-electron chi connectivity index (χ1n) is 21.3. The average molecular weight is 670 g/mol. The standard InChI is InChI=1S/C45H83NO2/c1-4-6-8-10-12-14-16-18-20-22-24-26-28-30-32-36-40-47-43-45(42-44-38-34-35-39-46(44)3)48-41-37-33-31-29-27-25-23-21-19-17-15-13-11-9-7-5-2/h12-15,18-21,44-45H,4-11,16-17,22-43H2,1-3H3/b14-12-,15-13-,20-18-,21-19-. The van der Waals surface area contributed by atoms with Crippen LogP contribution in [0.2, 0.25) is 0 Å². The fourth-order valence-corrected chi connectivity index (χ4v) is 6.68. The molecule has 0 aromatic heterocycles. The highest BCUT2D eigenvalue weighted by Crippen LogP contribution is 2.21.